The molecule has 0 aliphatic carbocycles. The number of aliphatic carboxylic acids is 2. The lowest BCUT2D eigenvalue weighted by molar-refractivity contribution is -0.160. The maximum Gasteiger partial charge on any atom is 0.313 e. The summed E-state index contributed by atoms with van der Waals surface area (Å²) in [5, 5.41) is 17.4. The lowest BCUT2D eigenvalue weighted by Crippen LogP contribution is -2.20. The Bertz CT molecular complexity index is 557. The number of hydrogen-bond donors (Lipinski definition) is 2. The van der Waals surface area contributed by atoms with Gasteiger partial charge in [0.25, 0.3) is 0 Å². The van der Waals surface area contributed by atoms with Crippen molar-refractivity contribution < 1.29 is 48.5 Å². The van der Waals surface area contributed by atoms with Crippen molar-refractivity contribution in [2.45, 2.75) is 59.3 Å². The van der Waals surface area contributed by atoms with Crippen molar-refractivity contribution in [2.24, 2.45) is 17.8 Å². The highest BCUT2D eigenvalue weighted by molar-refractivity contribution is 5.87. The van der Waals surface area contributed by atoms with Gasteiger partial charge in [-0.25, -0.2) is 0 Å². The molecule has 158 valence electrons. The summed E-state index contributed by atoms with van der Waals surface area (Å²) in [5.41, 5.74) is 0. The van der Waals surface area contributed by atoms with Crippen molar-refractivity contribution >= 4 is 35.8 Å². The van der Waals surface area contributed by atoms with Crippen LogP contribution in [-0.4, -0.2) is 46.0 Å². The molecule has 28 heavy (non-hydrogen) atoms. The minimum Gasteiger partial charge on any atom is -0.481 e. The zero-order valence-electron chi connectivity index (χ0n) is 16.1. The van der Waals surface area contributed by atoms with Crippen LogP contribution in [0.3, 0.4) is 0 Å². The average Bonchev–Trinajstić information content (AvgIpc) is 2.56. The van der Waals surface area contributed by atoms with Crippen LogP contribution < -0.4 is 0 Å². The van der Waals surface area contributed by atoms with Crippen LogP contribution in [0.4, 0.5) is 0 Å². The van der Waals surface area contributed by atoms with E-state index in [4.69, 9.17) is 10.2 Å². The molecule has 0 fully saturated rings. The summed E-state index contributed by atoms with van der Waals surface area (Å²) in [5.74, 6) is -7.59. The van der Waals surface area contributed by atoms with Crippen LogP contribution >= 0.6 is 0 Å². The highest BCUT2D eigenvalue weighted by atomic mass is 16.6. The van der Waals surface area contributed by atoms with Crippen LogP contribution in [0.15, 0.2) is 0 Å². The fourth-order valence-corrected chi connectivity index (χ4v) is 2.00. The maximum absolute atomic E-state index is 11.7. The second-order valence-corrected chi connectivity index (χ2v) is 6.76. The fraction of sp³-hybridized carbons (Fsp3) is 0.667. The quantitative estimate of drug-likeness (QED) is 0.362. The van der Waals surface area contributed by atoms with Crippen molar-refractivity contribution in [3.05, 3.63) is 0 Å². The van der Waals surface area contributed by atoms with Crippen molar-refractivity contribution in [1.82, 2.24) is 0 Å². The van der Waals surface area contributed by atoms with Gasteiger partial charge in [0.1, 0.15) is 0 Å². The Balaban J connectivity index is 4.15. The van der Waals surface area contributed by atoms with E-state index in [1.165, 1.54) is 20.8 Å². The molecule has 2 unspecified atom stereocenters. The Labute approximate surface area is 162 Å². The van der Waals surface area contributed by atoms with Gasteiger partial charge in [-0.15, -0.1) is 0 Å². The lowest BCUT2D eigenvalue weighted by Gasteiger charge is -2.10. The van der Waals surface area contributed by atoms with Crippen LogP contribution in [0.1, 0.15) is 59.3 Å². The Hall–Kier alpha value is -2.78. The first-order chi connectivity index (χ1) is 12.9. The number of carboxylic acids is 2. The standard InChI is InChI=1S/C18H26O10/c1-10(8-15(21)27-13(19)6-4-11(2)17(23)24)9-16(22)28-14(20)7-5-12(3)18(25)26/h10-12H,4-9H2,1-3H3,(H,23,24)(H,25,26). The van der Waals surface area contributed by atoms with Gasteiger partial charge in [-0.3, -0.25) is 28.8 Å². The second-order valence-electron chi connectivity index (χ2n) is 6.76. The molecule has 0 amide bonds. The van der Waals surface area contributed by atoms with E-state index in [0.29, 0.717) is 0 Å². The highest BCUT2D eigenvalue weighted by Crippen LogP contribution is 2.13. The molecule has 0 heterocycles. The number of carboxylic acid groups (broad SMARTS) is 2. The van der Waals surface area contributed by atoms with Crippen LogP contribution in [0.5, 0.6) is 0 Å². The molecule has 0 aliphatic heterocycles. The van der Waals surface area contributed by atoms with E-state index in [2.05, 4.69) is 9.47 Å². The molecule has 0 radical (unpaired) electrons. The summed E-state index contributed by atoms with van der Waals surface area (Å²) >= 11 is 0. The minimum absolute atomic E-state index is 0.0337. The SMILES string of the molecule is CC(CC(=O)OC(=O)CCC(C)C(=O)O)CC(=O)OC(=O)CCC(C)C(=O)O. The molecule has 0 spiro atoms. The summed E-state index contributed by atoms with van der Waals surface area (Å²) in [4.78, 5) is 67.6. The largest absolute Gasteiger partial charge is 0.481 e. The van der Waals surface area contributed by atoms with Crippen LogP contribution in [0, 0.1) is 17.8 Å². The molecule has 0 aromatic carbocycles. The molecule has 0 aliphatic rings. The first kappa shape index (κ1) is 25.2. The molecule has 2 atom stereocenters. The van der Waals surface area contributed by atoms with Crippen LogP contribution in [-0.2, 0) is 38.2 Å². The van der Waals surface area contributed by atoms with Gasteiger partial charge in [0.05, 0.1) is 11.8 Å². The Morgan fingerprint density at radius 2 is 0.964 bits per heavy atom. The molecule has 0 saturated carbocycles. The van der Waals surface area contributed by atoms with Gasteiger partial charge in [-0.2, -0.15) is 0 Å². The number of carbonyl (C=O) groups excluding carboxylic acids is 4. The number of ether oxygens (including phenoxy) is 2. The molecule has 10 heteroatoms. The Morgan fingerprint density at radius 1 is 0.643 bits per heavy atom. The van der Waals surface area contributed by atoms with Gasteiger partial charge in [0.2, 0.25) is 0 Å². The van der Waals surface area contributed by atoms with E-state index in [1.807, 2.05) is 0 Å². The third-order valence-corrected chi connectivity index (χ3v) is 3.89. The highest BCUT2D eigenvalue weighted by Gasteiger charge is 2.21. The van der Waals surface area contributed by atoms with E-state index in [-0.39, 0.29) is 38.5 Å². The Morgan fingerprint density at radius 3 is 1.25 bits per heavy atom. The predicted octanol–water partition coefficient (Wildman–Crippen LogP) is 1.54. The lowest BCUT2D eigenvalue weighted by atomic mass is 10.0. The van der Waals surface area contributed by atoms with E-state index < -0.39 is 53.6 Å². The van der Waals surface area contributed by atoms with E-state index in [9.17, 15) is 28.8 Å². The van der Waals surface area contributed by atoms with Gasteiger partial charge < -0.3 is 19.7 Å². The minimum atomic E-state index is -1.06. The van der Waals surface area contributed by atoms with Crippen LogP contribution in [0.2, 0.25) is 0 Å². The third-order valence-electron chi connectivity index (χ3n) is 3.89. The molecule has 0 aromatic rings. The molecule has 2 N–H and O–H groups in total. The van der Waals surface area contributed by atoms with E-state index >= 15 is 0 Å². The summed E-state index contributed by atoms with van der Waals surface area (Å²) in [6, 6.07) is 0. The first-order valence-corrected chi connectivity index (χ1v) is 8.85. The zero-order valence-corrected chi connectivity index (χ0v) is 16.1. The third kappa shape index (κ3) is 11.8. The first-order valence-electron chi connectivity index (χ1n) is 8.85. The molecule has 0 rings (SSSR count). The zero-order chi connectivity index (χ0) is 21.9. The summed E-state index contributed by atoms with van der Waals surface area (Å²) in [6.45, 7) is 4.37. The average molecular weight is 402 g/mol. The van der Waals surface area contributed by atoms with Crippen molar-refractivity contribution in [3.8, 4) is 0 Å². The number of rotatable bonds is 12. The van der Waals surface area contributed by atoms with Gasteiger partial charge in [0, 0.05) is 25.7 Å². The second kappa shape index (κ2) is 12.6. The van der Waals surface area contributed by atoms with Crippen molar-refractivity contribution in [1.29, 1.82) is 0 Å². The molecule has 10 nitrogen and oxygen atoms in total. The molecule has 0 aromatic heterocycles. The molecular weight excluding hydrogens is 376 g/mol. The fourth-order valence-electron chi connectivity index (χ4n) is 2.00. The number of hydrogen-bond acceptors (Lipinski definition) is 8. The van der Waals surface area contributed by atoms with Crippen molar-refractivity contribution in [2.75, 3.05) is 0 Å². The number of esters is 4. The molecular formula is C18H26O10. The monoisotopic (exact) mass is 402 g/mol. The Kier molecular flexibility index (Phi) is 11.3. The van der Waals surface area contributed by atoms with Gasteiger partial charge in [-0.1, -0.05) is 20.8 Å². The molecule has 0 saturated heterocycles. The smallest absolute Gasteiger partial charge is 0.313 e. The number of carbonyl (C=O) groups is 6. The summed E-state index contributed by atoms with van der Waals surface area (Å²) < 4.78 is 9.11. The molecule has 0 bridgehead atoms. The van der Waals surface area contributed by atoms with E-state index in [0.717, 1.165) is 0 Å². The normalized spacial score (nSPS) is 13.7. The van der Waals surface area contributed by atoms with Gasteiger partial charge in [-0.05, 0) is 18.8 Å². The van der Waals surface area contributed by atoms with E-state index in [1.54, 1.807) is 0 Å². The predicted molar refractivity (Wildman–Crippen MR) is 92.7 cm³/mol. The summed E-state index contributed by atoms with van der Waals surface area (Å²) in [7, 11) is 0. The van der Waals surface area contributed by atoms with Gasteiger partial charge >= 0.3 is 35.8 Å². The van der Waals surface area contributed by atoms with Crippen molar-refractivity contribution in [3.63, 3.8) is 0 Å². The summed E-state index contributed by atoms with van der Waals surface area (Å²) in [6.07, 6.45) is -0.908. The van der Waals surface area contributed by atoms with Crippen LogP contribution in [0.25, 0.3) is 0 Å². The van der Waals surface area contributed by atoms with Gasteiger partial charge in [0.15, 0.2) is 0 Å². The maximum atomic E-state index is 11.7. The topological polar surface area (TPSA) is 161 Å².